The molecule has 0 aliphatic carbocycles. The number of carbonyl (C=O) groups is 1. The van der Waals surface area contributed by atoms with E-state index in [-0.39, 0.29) is 5.91 Å². The number of benzene rings is 1. The van der Waals surface area contributed by atoms with Gasteiger partial charge in [0, 0.05) is 26.2 Å². The van der Waals surface area contributed by atoms with E-state index in [9.17, 15) is 4.79 Å². The maximum absolute atomic E-state index is 11.3. The van der Waals surface area contributed by atoms with Crippen molar-refractivity contribution >= 4 is 11.6 Å². The normalized spacial score (nSPS) is 9.86. The van der Waals surface area contributed by atoms with E-state index in [2.05, 4.69) is 0 Å². The van der Waals surface area contributed by atoms with Crippen LogP contribution in [0.4, 0.5) is 5.69 Å². The summed E-state index contributed by atoms with van der Waals surface area (Å²) in [6.45, 7) is 0. The standard InChI is InChI=1S/C11H16N2O/c1-13(2)11(14)7-6-9-4-3-5-10(12)8-9/h3-5,8H,6-7,12H2,1-2H3. The Morgan fingerprint density at radius 2 is 2.14 bits per heavy atom. The third-order valence-corrected chi connectivity index (χ3v) is 2.08. The van der Waals surface area contributed by atoms with E-state index >= 15 is 0 Å². The Morgan fingerprint density at radius 3 is 2.71 bits per heavy atom. The number of hydrogen-bond donors (Lipinski definition) is 1. The van der Waals surface area contributed by atoms with Crippen LogP contribution in [0.25, 0.3) is 0 Å². The maximum atomic E-state index is 11.3. The van der Waals surface area contributed by atoms with Crippen molar-refractivity contribution in [3.63, 3.8) is 0 Å². The molecule has 0 aromatic heterocycles. The Labute approximate surface area is 84.5 Å². The van der Waals surface area contributed by atoms with E-state index in [1.807, 2.05) is 24.3 Å². The fourth-order valence-corrected chi connectivity index (χ4v) is 1.22. The first-order chi connectivity index (χ1) is 6.59. The van der Waals surface area contributed by atoms with Crippen LogP contribution in [-0.2, 0) is 11.2 Å². The van der Waals surface area contributed by atoms with E-state index in [0.717, 1.165) is 17.7 Å². The minimum Gasteiger partial charge on any atom is -0.399 e. The van der Waals surface area contributed by atoms with Crippen LogP contribution in [0.15, 0.2) is 24.3 Å². The summed E-state index contributed by atoms with van der Waals surface area (Å²) in [5, 5.41) is 0. The fourth-order valence-electron chi connectivity index (χ4n) is 1.22. The molecule has 76 valence electrons. The molecule has 0 heterocycles. The Hall–Kier alpha value is -1.51. The lowest BCUT2D eigenvalue weighted by Crippen LogP contribution is -2.21. The van der Waals surface area contributed by atoms with Crippen molar-refractivity contribution in [2.75, 3.05) is 19.8 Å². The number of hydrogen-bond acceptors (Lipinski definition) is 2. The second kappa shape index (κ2) is 4.65. The van der Waals surface area contributed by atoms with Crippen LogP contribution in [0.5, 0.6) is 0 Å². The molecule has 0 radical (unpaired) electrons. The molecule has 0 unspecified atom stereocenters. The van der Waals surface area contributed by atoms with Crippen LogP contribution >= 0.6 is 0 Å². The number of anilines is 1. The van der Waals surface area contributed by atoms with E-state index in [1.54, 1.807) is 19.0 Å². The number of amides is 1. The summed E-state index contributed by atoms with van der Waals surface area (Å²) in [6.07, 6.45) is 1.29. The van der Waals surface area contributed by atoms with Crippen molar-refractivity contribution < 1.29 is 4.79 Å². The van der Waals surface area contributed by atoms with Crippen molar-refractivity contribution in [1.29, 1.82) is 0 Å². The first-order valence-corrected chi connectivity index (χ1v) is 4.64. The molecule has 0 spiro atoms. The number of nitrogens with two attached hydrogens (primary N) is 1. The van der Waals surface area contributed by atoms with Gasteiger partial charge in [-0.1, -0.05) is 12.1 Å². The molecule has 3 heteroatoms. The van der Waals surface area contributed by atoms with Gasteiger partial charge in [-0.15, -0.1) is 0 Å². The summed E-state index contributed by atoms with van der Waals surface area (Å²) in [7, 11) is 3.53. The highest BCUT2D eigenvalue weighted by Crippen LogP contribution is 2.08. The molecule has 1 aromatic carbocycles. The molecule has 1 amide bonds. The van der Waals surface area contributed by atoms with E-state index in [0.29, 0.717) is 6.42 Å². The zero-order valence-corrected chi connectivity index (χ0v) is 8.66. The van der Waals surface area contributed by atoms with E-state index in [4.69, 9.17) is 5.73 Å². The van der Waals surface area contributed by atoms with Gasteiger partial charge in [0.1, 0.15) is 0 Å². The first-order valence-electron chi connectivity index (χ1n) is 4.64. The number of aryl methyl sites for hydroxylation is 1. The lowest BCUT2D eigenvalue weighted by Gasteiger charge is -2.09. The first kappa shape index (κ1) is 10.6. The topological polar surface area (TPSA) is 46.3 Å². The average molecular weight is 192 g/mol. The molecule has 1 aromatic rings. The van der Waals surface area contributed by atoms with Gasteiger partial charge < -0.3 is 10.6 Å². The lowest BCUT2D eigenvalue weighted by molar-refractivity contribution is -0.128. The molecule has 0 aliphatic rings. The molecule has 3 nitrogen and oxygen atoms in total. The van der Waals surface area contributed by atoms with E-state index in [1.165, 1.54) is 0 Å². The van der Waals surface area contributed by atoms with Gasteiger partial charge in [-0.05, 0) is 24.1 Å². The minimum atomic E-state index is 0.146. The molecule has 0 saturated heterocycles. The van der Waals surface area contributed by atoms with Crippen LogP contribution in [-0.4, -0.2) is 24.9 Å². The van der Waals surface area contributed by atoms with Gasteiger partial charge in [0.15, 0.2) is 0 Å². The number of carbonyl (C=O) groups excluding carboxylic acids is 1. The minimum absolute atomic E-state index is 0.146. The van der Waals surface area contributed by atoms with Gasteiger partial charge in [-0.25, -0.2) is 0 Å². The van der Waals surface area contributed by atoms with Gasteiger partial charge in [0.05, 0.1) is 0 Å². The predicted molar refractivity (Wildman–Crippen MR) is 57.9 cm³/mol. The van der Waals surface area contributed by atoms with Crippen LogP contribution in [0, 0.1) is 0 Å². The second-order valence-corrected chi connectivity index (χ2v) is 3.53. The Bertz CT molecular complexity index is 321. The van der Waals surface area contributed by atoms with Crippen molar-refractivity contribution in [3.8, 4) is 0 Å². The van der Waals surface area contributed by atoms with E-state index < -0.39 is 0 Å². The Kier molecular flexibility index (Phi) is 3.51. The average Bonchev–Trinajstić information content (AvgIpc) is 2.14. The third-order valence-electron chi connectivity index (χ3n) is 2.08. The Morgan fingerprint density at radius 1 is 1.43 bits per heavy atom. The molecular weight excluding hydrogens is 176 g/mol. The molecule has 0 fully saturated rings. The molecule has 14 heavy (non-hydrogen) atoms. The van der Waals surface area contributed by atoms with Crippen LogP contribution in [0.1, 0.15) is 12.0 Å². The lowest BCUT2D eigenvalue weighted by atomic mass is 10.1. The fraction of sp³-hybridized carbons (Fsp3) is 0.364. The SMILES string of the molecule is CN(C)C(=O)CCc1cccc(N)c1. The summed E-state index contributed by atoms with van der Waals surface area (Å²) >= 11 is 0. The highest BCUT2D eigenvalue weighted by molar-refractivity contribution is 5.75. The van der Waals surface area contributed by atoms with Gasteiger partial charge in [0.2, 0.25) is 5.91 Å². The van der Waals surface area contributed by atoms with Gasteiger partial charge in [0.25, 0.3) is 0 Å². The molecule has 0 atom stereocenters. The molecular formula is C11H16N2O. The van der Waals surface area contributed by atoms with Gasteiger partial charge in [-0.3, -0.25) is 4.79 Å². The summed E-state index contributed by atoms with van der Waals surface area (Å²) in [5.74, 6) is 0.146. The third kappa shape index (κ3) is 3.09. The largest absolute Gasteiger partial charge is 0.399 e. The van der Waals surface area contributed by atoms with Gasteiger partial charge in [-0.2, -0.15) is 0 Å². The highest BCUT2D eigenvalue weighted by atomic mass is 16.2. The molecule has 1 rings (SSSR count). The smallest absolute Gasteiger partial charge is 0.222 e. The molecule has 2 N–H and O–H groups in total. The summed E-state index contributed by atoms with van der Waals surface area (Å²) in [4.78, 5) is 12.9. The Balaban J connectivity index is 2.50. The predicted octanol–water partition coefficient (Wildman–Crippen LogP) is 1.29. The van der Waals surface area contributed by atoms with Crippen LogP contribution in [0.3, 0.4) is 0 Å². The van der Waals surface area contributed by atoms with Crippen molar-refractivity contribution in [2.45, 2.75) is 12.8 Å². The quantitative estimate of drug-likeness (QED) is 0.733. The second-order valence-electron chi connectivity index (χ2n) is 3.53. The van der Waals surface area contributed by atoms with Crippen molar-refractivity contribution in [3.05, 3.63) is 29.8 Å². The number of nitrogen functional groups attached to an aromatic ring is 1. The summed E-state index contributed by atoms with van der Waals surface area (Å²) < 4.78 is 0. The molecule has 0 aliphatic heterocycles. The van der Waals surface area contributed by atoms with Crippen LogP contribution in [0.2, 0.25) is 0 Å². The summed E-state index contributed by atoms with van der Waals surface area (Å²) in [6, 6.07) is 7.64. The van der Waals surface area contributed by atoms with Crippen molar-refractivity contribution in [2.24, 2.45) is 0 Å². The van der Waals surface area contributed by atoms with Crippen molar-refractivity contribution in [1.82, 2.24) is 4.90 Å². The van der Waals surface area contributed by atoms with Crippen LogP contribution < -0.4 is 5.73 Å². The molecule has 0 saturated carbocycles. The highest BCUT2D eigenvalue weighted by Gasteiger charge is 2.03. The maximum Gasteiger partial charge on any atom is 0.222 e. The zero-order valence-electron chi connectivity index (χ0n) is 8.66. The number of nitrogens with zero attached hydrogens (tertiary/aromatic N) is 1. The summed E-state index contributed by atoms with van der Waals surface area (Å²) in [5.41, 5.74) is 7.49. The molecule has 0 bridgehead atoms. The monoisotopic (exact) mass is 192 g/mol. The van der Waals surface area contributed by atoms with Gasteiger partial charge >= 0.3 is 0 Å². The zero-order chi connectivity index (χ0) is 10.6. The number of rotatable bonds is 3.